The predicted octanol–water partition coefficient (Wildman–Crippen LogP) is 2.02. The van der Waals surface area contributed by atoms with Gasteiger partial charge in [0.05, 0.1) is 6.26 Å². The molecule has 1 aromatic carbocycles. The van der Waals surface area contributed by atoms with E-state index in [9.17, 15) is 9.59 Å². The summed E-state index contributed by atoms with van der Waals surface area (Å²) >= 11 is 0. The van der Waals surface area contributed by atoms with E-state index in [4.69, 9.17) is 4.42 Å². The van der Waals surface area contributed by atoms with Crippen molar-refractivity contribution in [3.63, 3.8) is 0 Å². The Morgan fingerprint density at radius 2 is 2.00 bits per heavy atom. The molecular formula is C18H18N2O3. The molecule has 0 fully saturated rings. The van der Waals surface area contributed by atoms with Gasteiger partial charge in [-0.05, 0) is 24.1 Å². The number of benzene rings is 1. The van der Waals surface area contributed by atoms with Crippen molar-refractivity contribution < 1.29 is 14.0 Å². The molecule has 0 unspecified atom stereocenters. The van der Waals surface area contributed by atoms with E-state index >= 15 is 0 Å². The van der Waals surface area contributed by atoms with Crippen LogP contribution in [0.4, 0.5) is 0 Å². The minimum atomic E-state index is -0.580. The van der Waals surface area contributed by atoms with E-state index in [1.54, 1.807) is 18.2 Å². The Morgan fingerprint density at radius 1 is 1.17 bits per heavy atom. The number of carbonyl (C=O) groups is 2. The molecule has 0 spiro atoms. The van der Waals surface area contributed by atoms with Gasteiger partial charge in [0.2, 0.25) is 5.91 Å². The van der Waals surface area contributed by atoms with Crippen LogP contribution in [0.15, 0.2) is 65.3 Å². The molecule has 1 atom stereocenters. The van der Waals surface area contributed by atoms with Crippen LogP contribution in [0.25, 0.3) is 0 Å². The summed E-state index contributed by atoms with van der Waals surface area (Å²) in [7, 11) is 0. The molecule has 1 aliphatic heterocycles. The summed E-state index contributed by atoms with van der Waals surface area (Å²) in [6.45, 7) is 0.951. The average Bonchev–Trinajstić information content (AvgIpc) is 3.27. The van der Waals surface area contributed by atoms with Crippen LogP contribution in [-0.2, 0) is 11.2 Å². The largest absolute Gasteiger partial charge is 0.459 e. The van der Waals surface area contributed by atoms with Gasteiger partial charge in [-0.3, -0.25) is 9.59 Å². The summed E-state index contributed by atoms with van der Waals surface area (Å²) in [5.74, 6) is -0.200. The summed E-state index contributed by atoms with van der Waals surface area (Å²) in [6.07, 6.45) is 5.78. The number of hydrogen-bond donors (Lipinski definition) is 1. The number of nitrogens with zero attached hydrogens (tertiary/aromatic N) is 1. The highest BCUT2D eigenvalue weighted by atomic mass is 16.3. The summed E-state index contributed by atoms with van der Waals surface area (Å²) < 4.78 is 5.12. The van der Waals surface area contributed by atoms with Crippen molar-refractivity contribution >= 4 is 11.8 Å². The van der Waals surface area contributed by atoms with Gasteiger partial charge in [0, 0.05) is 13.1 Å². The molecule has 118 valence electrons. The van der Waals surface area contributed by atoms with Crippen LogP contribution in [-0.4, -0.2) is 35.8 Å². The Balaban J connectivity index is 1.56. The number of nitrogens with one attached hydrogen (secondary N) is 1. The molecular weight excluding hydrogens is 292 g/mol. The van der Waals surface area contributed by atoms with E-state index in [1.165, 1.54) is 16.7 Å². The van der Waals surface area contributed by atoms with Crippen molar-refractivity contribution in [3.8, 4) is 0 Å². The van der Waals surface area contributed by atoms with Gasteiger partial charge in [0.1, 0.15) is 6.04 Å². The molecule has 2 heterocycles. The fraction of sp³-hybridized carbons (Fsp3) is 0.222. The maximum absolute atomic E-state index is 12.3. The second-order valence-electron chi connectivity index (χ2n) is 5.33. The molecule has 2 aromatic rings. The van der Waals surface area contributed by atoms with Crippen molar-refractivity contribution in [3.05, 3.63) is 72.2 Å². The van der Waals surface area contributed by atoms with Crippen molar-refractivity contribution in [2.45, 2.75) is 12.5 Å². The van der Waals surface area contributed by atoms with Crippen molar-refractivity contribution in [2.24, 2.45) is 0 Å². The molecule has 3 rings (SSSR count). The fourth-order valence-electron chi connectivity index (χ4n) is 2.58. The van der Waals surface area contributed by atoms with E-state index in [0.29, 0.717) is 13.1 Å². The number of amides is 2. The van der Waals surface area contributed by atoms with Crippen molar-refractivity contribution in [2.75, 3.05) is 13.1 Å². The third kappa shape index (κ3) is 3.51. The van der Waals surface area contributed by atoms with Crippen molar-refractivity contribution in [1.29, 1.82) is 0 Å². The van der Waals surface area contributed by atoms with Crippen LogP contribution in [0.5, 0.6) is 0 Å². The minimum Gasteiger partial charge on any atom is -0.459 e. The summed E-state index contributed by atoms with van der Waals surface area (Å²) in [4.78, 5) is 26.2. The van der Waals surface area contributed by atoms with E-state index in [-0.39, 0.29) is 17.6 Å². The summed E-state index contributed by atoms with van der Waals surface area (Å²) in [6, 6.07) is 12.6. The van der Waals surface area contributed by atoms with E-state index < -0.39 is 6.04 Å². The fourth-order valence-corrected chi connectivity index (χ4v) is 2.58. The van der Waals surface area contributed by atoms with Crippen LogP contribution < -0.4 is 5.32 Å². The third-order valence-electron chi connectivity index (χ3n) is 3.77. The van der Waals surface area contributed by atoms with Gasteiger partial charge >= 0.3 is 0 Å². The van der Waals surface area contributed by atoms with Crippen LogP contribution in [0, 0.1) is 0 Å². The van der Waals surface area contributed by atoms with Gasteiger partial charge in [-0.2, -0.15) is 0 Å². The maximum Gasteiger partial charge on any atom is 0.290 e. The van der Waals surface area contributed by atoms with Gasteiger partial charge in [0.15, 0.2) is 5.76 Å². The lowest BCUT2D eigenvalue weighted by Gasteiger charge is -2.22. The molecule has 1 N–H and O–H groups in total. The SMILES string of the molecule is O=C(NCCc1ccccc1)[C@@H]1C=CCN1C(=O)c1ccco1. The maximum atomic E-state index is 12.3. The lowest BCUT2D eigenvalue weighted by Crippen LogP contribution is -2.46. The quantitative estimate of drug-likeness (QED) is 0.859. The molecule has 0 saturated carbocycles. The van der Waals surface area contributed by atoms with Gasteiger partial charge in [-0.25, -0.2) is 0 Å². The van der Waals surface area contributed by atoms with Gasteiger partial charge < -0.3 is 14.6 Å². The average molecular weight is 310 g/mol. The first-order valence-corrected chi connectivity index (χ1v) is 7.58. The zero-order valence-corrected chi connectivity index (χ0v) is 12.6. The molecule has 23 heavy (non-hydrogen) atoms. The lowest BCUT2D eigenvalue weighted by molar-refractivity contribution is -0.123. The first kappa shape index (κ1) is 15.1. The molecule has 2 amide bonds. The first-order chi connectivity index (χ1) is 11.3. The first-order valence-electron chi connectivity index (χ1n) is 7.58. The molecule has 0 radical (unpaired) electrons. The topological polar surface area (TPSA) is 62.6 Å². The highest BCUT2D eigenvalue weighted by Gasteiger charge is 2.31. The molecule has 1 aromatic heterocycles. The zero-order valence-electron chi connectivity index (χ0n) is 12.6. The minimum absolute atomic E-state index is 0.172. The summed E-state index contributed by atoms with van der Waals surface area (Å²) in [5, 5.41) is 2.89. The molecule has 0 aliphatic carbocycles. The molecule has 5 nitrogen and oxygen atoms in total. The Labute approximate surface area is 134 Å². The van der Waals surface area contributed by atoms with Crippen LogP contribution >= 0.6 is 0 Å². The smallest absolute Gasteiger partial charge is 0.290 e. The van der Waals surface area contributed by atoms with Gasteiger partial charge in [-0.15, -0.1) is 0 Å². The molecule has 5 heteroatoms. The van der Waals surface area contributed by atoms with Crippen LogP contribution in [0.3, 0.4) is 0 Å². The number of rotatable bonds is 5. The highest BCUT2D eigenvalue weighted by Crippen LogP contribution is 2.15. The Morgan fingerprint density at radius 3 is 2.74 bits per heavy atom. The highest BCUT2D eigenvalue weighted by molar-refractivity contribution is 5.97. The van der Waals surface area contributed by atoms with E-state index in [1.807, 2.05) is 36.4 Å². The Kier molecular flexibility index (Phi) is 4.57. The van der Waals surface area contributed by atoms with Gasteiger partial charge in [-0.1, -0.05) is 42.5 Å². The standard InChI is InChI=1S/C18H18N2O3/c21-17(19-11-10-14-6-2-1-3-7-14)15-8-4-12-20(15)18(22)16-9-5-13-23-16/h1-9,13,15H,10-12H2,(H,19,21)/t15-/m0/s1. The Bertz CT molecular complexity index is 692. The van der Waals surface area contributed by atoms with Gasteiger partial charge in [0.25, 0.3) is 5.91 Å². The third-order valence-corrected chi connectivity index (χ3v) is 3.77. The van der Waals surface area contributed by atoms with E-state index in [0.717, 1.165) is 6.42 Å². The Hall–Kier alpha value is -2.82. The number of hydrogen-bond acceptors (Lipinski definition) is 3. The van der Waals surface area contributed by atoms with Crippen LogP contribution in [0.1, 0.15) is 16.1 Å². The zero-order chi connectivity index (χ0) is 16.1. The molecule has 1 aliphatic rings. The number of furan rings is 1. The summed E-state index contributed by atoms with van der Waals surface area (Å²) in [5.41, 5.74) is 1.17. The number of carbonyl (C=O) groups excluding carboxylic acids is 2. The monoisotopic (exact) mass is 310 g/mol. The normalized spacial score (nSPS) is 16.5. The second kappa shape index (κ2) is 6.96. The second-order valence-corrected chi connectivity index (χ2v) is 5.33. The van der Waals surface area contributed by atoms with E-state index in [2.05, 4.69) is 5.32 Å². The van der Waals surface area contributed by atoms with Crippen LogP contribution in [0.2, 0.25) is 0 Å². The predicted molar refractivity (Wildman–Crippen MR) is 85.8 cm³/mol. The molecule has 0 bridgehead atoms. The van der Waals surface area contributed by atoms with Crippen molar-refractivity contribution in [1.82, 2.24) is 10.2 Å². The molecule has 0 saturated heterocycles. The lowest BCUT2D eigenvalue weighted by atomic mass is 10.1.